The Kier molecular flexibility index (Phi) is 6.87. The lowest BCUT2D eigenvalue weighted by Crippen LogP contribution is -2.18. The average Bonchev–Trinajstić information content (AvgIpc) is 2.72. The first-order chi connectivity index (χ1) is 14.2. The van der Waals surface area contributed by atoms with E-state index < -0.39 is 5.60 Å². The second-order valence-corrected chi connectivity index (χ2v) is 8.47. The van der Waals surface area contributed by atoms with E-state index in [1.807, 2.05) is 12.1 Å². The van der Waals surface area contributed by atoms with Gasteiger partial charge in [0.15, 0.2) is 0 Å². The normalized spacial score (nSPS) is 12.8. The van der Waals surface area contributed by atoms with Gasteiger partial charge in [0.05, 0.1) is 34.4 Å². The van der Waals surface area contributed by atoms with Crippen molar-refractivity contribution in [1.82, 2.24) is 9.97 Å². The smallest absolute Gasteiger partial charge is 0.123 e. The van der Waals surface area contributed by atoms with E-state index in [9.17, 15) is 9.50 Å². The first kappa shape index (κ1) is 22.0. The van der Waals surface area contributed by atoms with Crippen molar-refractivity contribution in [2.75, 3.05) is 0 Å². The van der Waals surface area contributed by atoms with E-state index in [1.165, 1.54) is 36.3 Å². The molecule has 154 valence electrons. The Labute approximate surface area is 183 Å². The summed E-state index contributed by atoms with van der Waals surface area (Å²) in [6.45, 7) is 3.26. The molecule has 0 unspecified atom stereocenters. The molecule has 0 saturated heterocycles. The van der Waals surface area contributed by atoms with Gasteiger partial charge in [-0.05, 0) is 62.4 Å². The highest BCUT2D eigenvalue weighted by Gasteiger charge is 2.18. The zero-order valence-electron chi connectivity index (χ0n) is 16.4. The molecule has 5 nitrogen and oxygen atoms in total. The van der Waals surface area contributed by atoms with Crippen LogP contribution in [0.15, 0.2) is 75.7 Å². The number of aliphatic hydroxyl groups is 1. The van der Waals surface area contributed by atoms with Gasteiger partial charge in [-0.1, -0.05) is 23.4 Å². The number of nitrogens with two attached hydrogens (primary N) is 1. The zero-order valence-corrected chi connectivity index (χ0v) is 18.0. The van der Waals surface area contributed by atoms with E-state index in [4.69, 9.17) is 17.3 Å². The number of thioether (sulfide) groups is 1. The molecule has 3 rings (SSSR count). The summed E-state index contributed by atoms with van der Waals surface area (Å²) in [7, 11) is 0. The number of aliphatic imine (C=N–C) groups is 1. The van der Waals surface area contributed by atoms with Crippen LogP contribution in [0.4, 0.5) is 10.1 Å². The Bertz CT molecular complexity index is 1060. The van der Waals surface area contributed by atoms with Crippen LogP contribution in [0.1, 0.15) is 25.2 Å². The van der Waals surface area contributed by atoms with Crippen LogP contribution in [0.25, 0.3) is 5.70 Å². The molecule has 30 heavy (non-hydrogen) atoms. The van der Waals surface area contributed by atoms with E-state index in [0.717, 1.165) is 4.90 Å². The summed E-state index contributed by atoms with van der Waals surface area (Å²) in [5.41, 5.74) is 7.12. The van der Waals surface area contributed by atoms with Gasteiger partial charge in [-0.25, -0.2) is 4.39 Å². The second kappa shape index (κ2) is 9.38. The molecule has 0 aliphatic rings. The maximum atomic E-state index is 13.1. The number of halogens is 2. The largest absolute Gasteiger partial charge is 0.396 e. The molecule has 0 aliphatic carbocycles. The molecule has 1 heterocycles. The average molecular weight is 443 g/mol. The molecule has 0 radical (unpaired) electrons. The molecule has 0 amide bonds. The lowest BCUT2D eigenvalue weighted by molar-refractivity contribution is 0.0734. The molecule has 0 atom stereocenters. The second-order valence-electron chi connectivity index (χ2n) is 6.91. The van der Waals surface area contributed by atoms with E-state index >= 15 is 0 Å². The third-order valence-corrected chi connectivity index (χ3v) is 5.32. The van der Waals surface area contributed by atoms with E-state index in [0.29, 0.717) is 32.7 Å². The molecule has 2 aromatic carbocycles. The van der Waals surface area contributed by atoms with Crippen LogP contribution < -0.4 is 5.73 Å². The summed E-state index contributed by atoms with van der Waals surface area (Å²) in [4.78, 5) is 14.5. The first-order valence-electron chi connectivity index (χ1n) is 9.00. The number of benzene rings is 2. The van der Waals surface area contributed by atoms with Crippen LogP contribution in [0, 0.1) is 5.82 Å². The predicted octanol–water partition coefficient (Wildman–Crippen LogP) is 5.32. The molecule has 1 aromatic heterocycles. The molecule has 0 fully saturated rings. The highest BCUT2D eigenvalue weighted by Crippen LogP contribution is 2.31. The van der Waals surface area contributed by atoms with Crippen molar-refractivity contribution in [3.8, 4) is 0 Å². The highest BCUT2D eigenvalue weighted by atomic mass is 35.5. The van der Waals surface area contributed by atoms with Crippen LogP contribution in [-0.2, 0) is 5.60 Å². The van der Waals surface area contributed by atoms with E-state index in [-0.39, 0.29) is 5.82 Å². The van der Waals surface area contributed by atoms with Gasteiger partial charge in [-0.3, -0.25) is 15.0 Å². The SMILES string of the molecule is CC(C)(O)c1cnc(C(N)=C(C=Nc2ccc(F)cc2)Sc2ccc(Cl)cc2)cn1. The van der Waals surface area contributed by atoms with Crippen LogP contribution in [0.2, 0.25) is 5.02 Å². The van der Waals surface area contributed by atoms with E-state index in [1.54, 1.807) is 44.3 Å². The Morgan fingerprint density at radius 1 is 1.10 bits per heavy atom. The third-order valence-electron chi connectivity index (χ3n) is 4.02. The van der Waals surface area contributed by atoms with Crippen molar-refractivity contribution in [2.45, 2.75) is 24.3 Å². The number of allylic oxidation sites excluding steroid dienone is 1. The number of hydrogen-bond donors (Lipinski definition) is 2. The first-order valence-corrected chi connectivity index (χ1v) is 10.2. The van der Waals surface area contributed by atoms with E-state index in [2.05, 4.69) is 15.0 Å². The molecule has 0 bridgehead atoms. The van der Waals surface area contributed by atoms with Gasteiger partial charge in [0, 0.05) is 16.1 Å². The Balaban J connectivity index is 1.97. The fraction of sp³-hybridized carbons (Fsp3) is 0.136. The van der Waals surface area contributed by atoms with Crippen LogP contribution in [-0.4, -0.2) is 21.3 Å². The highest BCUT2D eigenvalue weighted by molar-refractivity contribution is 8.04. The van der Waals surface area contributed by atoms with Gasteiger partial charge in [0.25, 0.3) is 0 Å². The van der Waals surface area contributed by atoms with Gasteiger partial charge >= 0.3 is 0 Å². The molecule has 3 aromatic rings. The predicted molar refractivity (Wildman–Crippen MR) is 120 cm³/mol. The van der Waals surface area contributed by atoms with Gasteiger partial charge in [0.2, 0.25) is 0 Å². The zero-order chi connectivity index (χ0) is 21.7. The topological polar surface area (TPSA) is 84.4 Å². The van der Waals surface area contributed by atoms with Crippen LogP contribution >= 0.6 is 23.4 Å². The lowest BCUT2D eigenvalue weighted by atomic mass is 10.1. The minimum Gasteiger partial charge on any atom is -0.396 e. The number of hydrogen-bond acceptors (Lipinski definition) is 6. The Morgan fingerprint density at radius 2 is 1.77 bits per heavy atom. The summed E-state index contributed by atoms with van der Waals surface area (Å²) in [5, 5.41) is 10.7. The van der Waals surface area contributed by atoms with Crippen molar-refractivity contribution >= 4 is 41.0 Å². The van der Waals surface area contributed by atoms with Crippen LogP contribution in [0.5, 0.6) is 0 Å². The molecular formula is C22H20ClFN4OS. The summed E-state index contributed by atoms with van der Waals surface area (Å²) in [6.07, 6.45) is 4.61. The maximum Gasteiger partial charge on any atom is 0.123 e. The monoisotopic (exact) mass is 442 g/mol. The summed E-state index contributed by atoms with van der Waals surface area (Å²) >= 11 is 7.36. The number of rotatable bonds is 6. The van der Waals surface area contributed by atoms with Crippen LogP contribution in [0.3, 0.4) is 0 Å². The fourth-order valence-corrected chi connectivity index (χ4v) is 3.32. The number of aromatic nitrogens is 2. The van der Waals surface area contributed by atoms with Gasteiger partial charge in [0.1, 0.15) is 17.1 Å². The summed E-state index contributed by atoms with van der Waals surface area (Å²) in [5.74, 6) is -0.332. The van der Waals surface area contributed by atoms with Crippen molar-refractivity contribution in [3.05, 3.63) is 88.1 Å². The minimum absolute atomic E-state index is 0.332. The van der Waals surface area contributed by atoms with Crippen molar-refractivity contribution in [1.29, 1.82) is 0 Å². The lowest BCUT2D eigenvalue weighted by Gasteiger charge is -2.16. The Hall–Kier alpha value is -2.74. The van der Waals surface area contributed by atoms with Gasteiger partial charge < -0.3 is 10.8 Å². The summed E-state index contributed by atoms with van der Waals surface area (Å²) in [6, 6.07) is 13.1. The minimum atomic E-state index is -1.10. The number of nitrogens with zero attached hydrogens (tertiary/aromatic N) is 3. The van der Waals surface area contributed by atoms with Crippen molar-refractivity contribution in [2.24, 2.45) is 10.7 Å². The van der Waals surface area contributed by atoms with Crippen molar-refractivity contribution < 1.29 is 9.50 Å². The molecule has 3 N–H and O–H groups in total. The Morgan fingerprint density at radius 3 is 2.33 bits per heavy atom. The summed E-state index contributed by atoms with van der Waals surface area (Å²) < 4.78 is 13.1. The fourth-order valence-electron chi connectivity index (χ4n) is 2.35. The molecule has 0 spiro atoms. The van der Waals surface area contributed by atoms with Crippen molar-refractivity contribution in [3.63, 3.8) is 0 Å². The molecule has 0 saturated carbocycles. The third kappa shape index (κ3) is 5.89. The molecular weight excluding hydrogens is 423 g/mol. The van der Waals surface area contributed by atoms with Gasteiger partial charge in [-0.15, -0.1) is 0 Å². The molecule has 8 heteroatoms. The maximum absolute atomic E-state index is 13.1. The molecule has 0 aliphatic heterocycles. The quantitative estimate of drug-likeness (QED) is 0.398. The standard InChI is InChI=1S/C22H20ClFN4OS/c1-22(2,29)20-13-27-18(11-28-20)21(25)19(30-17-9-3-14(23)4-10-17)12-26-16-7-5-15(24)6-8-16/h3-13,29H,25H2,1-2H3. The van der Waals surface area contributed by atoms with Gasteiger partial charge in [-0.2, -0.15) is 0 Å².